The number of carboxylic acids is 1. The zero-order valence-corrected chi connectivity index (χ0v) is 9.74. The number of anilines is 1. The molecule has 7 heteroatoms. The van der Waals surface area contributed by atoms with Crippen molar-refractivity contribution in [2.75, 3.05) is 18.8 Å². The SMILES string of the molecule is Nc1nccnc1C(=O)N1CCC[C@H](C(=O)O)C1. The Morgan fingerprint density at radius 2 is 2.11 bits per heavy atom. The van der Waals surface area contributed by atoms with Gasteiger partial charge < -0.3 is 15.7 Å². The molecule has 0 spiro atoms. The summed E-state index contributed by atoms with van der Waals surface area (Å²) < 4.78 is 0. The molecule has 0 aliphatic carbocycles. The summed E-state index contributed by atoms with van der Waals surface area (Å²) in [6.45, 7) is 0.725. The molecule has 3 N–H and O–H groups in total. The van der Waals surface area contributed by atoms with Crippen molar-refractivity contribution in [3.05, 3.63) is 18.1 Å². The summed E-state index contributed by atoms with van der Waals surface area (Å²) in [6.07, 6.45) is 4.06. The maximum absolute atomic E-state index is 12.1. The third-order valence-corrected chi connectivity index (χ3v) is 2.99. The number of carbonyl (C=O) groups excluding carboxylic acids is 1. The van der Waals surface area contributed by atoms with Crippen LogP contribution in [0.1, 0.15) is 23.3 Å². The number of likely N-dealkylation sites (tertiary alicyclic amines) is 1. The number of rotatable bonds is 2. The number of aliphatic carboxylic acids is 1. The van der Waals surface area contributed by atoms with Gasteiger partial charge in [-0.25, -0.2) is 9.97 Å². The highest BCUT2D eigenvalue weighted by atomic mass is 16.4. The second-order valence-electron chi connectivity index (χ2n) is 4.22. The summed E-state index contributed by atoms with van der Waals surface area (Å²) in [5.74, 6) is -1.67. The molecule has 96 valence electrons. The third-order valence-electron chi connectivity index (χ3n) is 2.99. The number of amides is 1. The molecule has 7 nitrogen and oxygen atoms in total. The quantitative estimate of drug-likeness (QED) is 0.764. The average molecular weight is 250 g/mol. The Labute approximate surface area is 104 Å². The van der Waals surface area contributed by atoms with Gasteiger partial charge in [0, 0.05) is 25.5 Å². The van der Waals surface area contributed by atoms with Crippen LogP contribution < -0.4 is 5.73 Å². The molecule has 1 aromatic rings. The van der Waals surface area contributed by atoms with Crippen molar-refractivity contribution in [3.8, 4) is 0 Å². The first-order valence-corrected chi connectivity index (χ1v) is 5.68. The molecule has 1 atom stereocenters. The van der Waals surface area contributed by atoms with E-state index in [0.717, 1.165) is 0 Å². The Bertz CT molecular complexity index is 477. The topological polar surface area (TPSA) is 109 Å². The number of nitrogens with two attached hydrogens (primary N) is 1. The van der Waals surface area contributed by atoms with Gasteiger partial charge in [-0.15, -0.1) is 0 Å². The van der Waals surface area contributed by atoms with Gasteiger partial charge in [0.2, 0.25) is 0 Å². The van der Waals surface area contributed by atoms with Crippen molar-refractivity contribution >= 4 is 17.7 Å². The third kappa shape index (κ3) is 2.39. The van der Waals surface area contributed by atoms with Gasteiger partial charge in [-0.1, -0.05) is 0 Å². The average Bonchev–Trinajstić information content (AvgIpc) is 2.38. The highest BCUT2D eigenvalue weighted by Crippen LogP contribution is 2.19. The number of hydrogen-bond acceptors (Lipinski definition) is 5. The first-order chi connectivity index (χ1) is 8.59. The van der Waals surface area contributed by atoms with Crippen molar-refractivity contribution in [2.45, 2.75) is 12.8 Å². The number of nitrogens with zero attached hydrogens (tertiary/aromatic N) is 3. The minimum atomic E-state index is -0.875. The molecule has 1 fully saturated rings. The molecule has 0 saturated carbocycles. The van der Waals surface area contributed by atoms with E-state index in [2.05, 4.69) is 9.97 Å². The number of piperidine rings is 1. The van der Waals surface area contributed by atoms with E-state index in [1.807, 2.05) is 0 Å². The molecule has 1 aromatic heterocycles. The highest BCUT2D eigenvalue weighted by Gasteiger charge is 2.29. The van der Waals surface area contributed by atoms with Crippen LogP contribution in [0.3, 0.4) is 0 Å². The molecular weight excluding hydrogens is 236 g/mol. The second kappa shape index (κ2) is 4.99. The summed E-state index contributed by atoms with van der Waals surface area (Å²) in [4.78, 5) is 32.2. The molecule has 0 bridgehead atoms. The number of aromatic nitrogens is 2. The van der Waals surface area contributed by atoms with Crippen molar-refractivity contribution in [1.82, 2.24) is 14.9 Å². The van der Waals surface area contributed by atoms with E-state index in [9.17, 15) is 9.59 Å². The van der Waals surface area contributed by atoms with E-state index in [-0.39, 0.29) is 24.0 Å². The summed E-state index contributed by atoms with van der Waals surface area (Å²) in [6, 6.07) is 0. The molecule has 1 aliphatic rings. The fraction of sp³-hybridized carbons (Fsp3) is 0.455. The Morgan fingerprint density at radius 3 is 2.78 bits per heavy atom. The lowest BCUT2D eigenvalue weighted by atomic mass is 9.98. The maximum atomic E-state index is 12.1. The van der Waals surface area contributed by atoms with Crippen LogP contribution in [0.5, 0.6) is 0 Å². The molecule has 0 radical (unpaired) electrons. The molecule has 0 unspecified atom stereocenters. The lowest BCUT2D eigenvalue weighted by Crippen LogP contribution is -2.42. The summed E-state index contributed by atoms with van der Waals surface area (Å²) in [5, 5.41) is 8.97. The number of carbonyl (C=O) groups is 2. The molecule has 2 rings (SSSR count). The van der Waals surface area contributed by atoms with Crippen LogP contribution in [0.25, 0.3) is 0 Å². The zero-order chi connectivity index (χ0) is 13.1. The molecular formula is C11H14N4O3. The van der Waals surface area contributed by atoms with Gasteiger partial charge in [0.25, 0.3) is 5.91 Å². The molecule has 18 heavy (non-hydrogen) atoms. The first-order valence-electron chi connectivity index (χ1n) is 5.68. The second-order valence-corrected chi connectivity index (χ2v) is 4.22. The van der Waals surface area contributed by atoms with E-state index in [0.29, 0.717) is 19.4 Å². The first kappa shape index (κ1) is 12.3. The number of carboxylic acid groups (broad SMARTS) is 1. The lowest BCUT2D eigenvalue weighted by molar-refractivity contribution is -0.143. The van der Waals surface area contributed by atoms with E-state index >= 15 is 0 Å². The summed E-state index contributed by atoms with van der Waals surface area (Å²) in [7, 11) is 0. The van der Waals surface area contributed by atoms with Crippen molar-refractivity contribution in [2.24, 2.45) is 5.92 Å². The van der Waals surface area contributed by atoms with Gasteiger partial charge in [0.1, 0.15) is 0 Å². The standard InChI is InChI=1S/C11H14N4O3/c12-9-8(13-3-4-14-9)10(16)15-5-1-2-7(6-15)11(17)18/h3-4,7H,1-2,5-6H2,(H2,12,14)(H,17,18)/t7-/m0/s1. The molecule has 1 amide bonds. The Kier molecular flexibility index (Phi) is 3.40. The minimum absolute atomic E-state index is 0.0694. The van der Waals surface area contributed by atoms with Crippen LogP contribution in [0.4, 0.5) is 5.82 Å². The highest BCUT2D eigenvalue weighted by molar-refractivity contribution is 5.96. The zero-order valence-electron chi connectivity index (χ0n) is 9.74. The van der Waals surface area contributed by atoms with Crippen molar-refractivity contribution in [1.29, 1.82) is 0 Å². The van der Waals surface area contributed by atoms with E-state index in [1.54, 1.807) is 0 Å². The maximum Gasteiger partial charge on any atom is 0.308 e. The molecule has 2 heterocycles. The van der Waals surface area contributed by atoms with Gasteiger partial charge in [-0.3, -0.25) is 9.59 Å². The smallest absolute Gasteiger partial charge is 0.308 e. The summed E-state index contributed by atoms with van der Waals surface area (Å²) >= 11 is 0. The van der Waals surface area contributed by atoms with Crippen LogP contribution in [-0.2, 0) is 4.79 Å². The summed E-state index contributed by atoms with van der Waals surface area (Å²) in [5.41, 5.74) is 5.67. The predicted molar refractivity (Wildman–Crippen MR) is 62.7 cm³/mol. The van der Waals surface area contributed by atoms with Gasteiger partial charge in [0.15, 0.2) is 11.5 Å². The van der Waals surface area contributed by atoms with Crippen LogP contribution in [0.15, 0.2) is 12.4 Å². The van der Waals surface area contributed by atoms with Crippen LogP contribution in [0, 0.1) is 5.92 Å². The van der Waals surface area contributed by atoms with Crippen LogP contribution in [0.2, 0.25) is 0 Å². The van der Waals surface area contributed by atoms with E-state index < -0.39 is 11.9 Å². The Morgan fingerprint density at radius 1 is 1.39 bits per heavy atom. The van der Waals surface area contributed by atoms with Crippen LogP contribution >= 0.6 is 0 Å². The molecule has 1 aliphatic heterocycles. The van der Waals surface area contributed by atoms with Gasteiger partial charge in [-0.05, 0) is 12.8 Å². The predicted octanol–water partition coefficient (Wildman–Crippen LogP) is -0.00440. The monoisotopic (exact) mass is 250 g/mol. The van der Waals surface area contributed by atoms with Gasteiger partial charge in [-0.2, -0.15) is 0 Å². The fourth-order valence-electron chi connectivity index (χ4n) is 2.03. The minimum Gasteiger partial charge on any atom is -0.481 e. The Hall–Kier alpha value is -2.18. The Balaban J connectivity index is 2.14. The molecule has 0 aromatic carbocycles. The number of hydrogen-bond donors (Lipinski definition) is 2. The largest absolute Gasteiger partial charge is 0.481 e. The number of nitrogen functional groups attached to an aromatic ring is 1. The van der Waals surface area contributed by atoms with Gasteiger partial charge >= 0.3 is 5.97 Å². The normalized spacial score (nSPS) is 19.6. The molecule has 1 saturated heterocycles. The lowest BCUT2D eigenvalue weighted by Gasteiger charge is -2.30. The van der Waals surface area contributed by atoms with Crippen LogP contribution in [-0.4, -0.2) is 44.9 Å². The van der Waals surface area contributed by atoms with Crippen molar-refractivity contribution in [3.63, 3.8) is 0 Å². The van der Waals surface area contributed by atoms with E-state index in [4.69, 9.17) is 10.8 Å². The van der Waals surface area contributed by atoms with Gasteiger partial charge in [0.05, 0.1) is 5.92 Å². The van der Waals surface area contributed by atoms with E-state index in [1.165, 1.54) is 17.3 Å². The van der Waals surface area contributed by atoms with Crippen molar-refractivity contribution < 1.29 is 14.7 Å². The fourth-order valence-corrected chi connectivity index (χ4v) is 2.03.